The van der Waals surface area contributed by atoms with E-state index in [1.165, 1.54) is 23.3 Å². The van der Waals surface area contributed by atoms with Crippen molar-refractivity contribution in [3.63, 3.8) is 0 Å². The van der Waals surface area contributed by atoms with Gasteiger partial charge >= 0.3 is 0 Å². The lowest BCUT2D eigenvalue weighted by molar-refractivity contribution is 0.0728. The van der Waals surface area contributed by atoms with E-state index in [9.17, 15) is 9.18 Å². The molecule has 2 aromatic heterocycles. The molecule has 0 radical (unpaired) electrons. The summed E-state index contributed by atoms with van der Waals surface area (Å²) in [5.41, 5.74) is 1.87. The van der Waals surface area contributed by atoms with Crippen molar-refractivity contribution >= 4 is 17.5 Å². The minimum Gasteiger partial charge on any atom is -0.334 e. The summed E-state index contributed by atoms with van der Waals surface area (Å²) in [6, 6.07) is 9.32. The van der Waals surface area contributed by atoms with Crippen LogP contribution in [0.5, 0.6) is 0 Å². The maximum absolute atomic E-state index is 13.9. The predicted octanol–water partition coefficient (Wildman–Crippen LogP) is 4.40. The average Bonchev–Trinajstić information content (AvgIpc) is 3.55. The Bertz CT molecular complexity index is 1290. The van der Waals surface area contributed by atoms with Crippen LogP contribution in [0.2, 0.25) is 5.02 Å². The van der Waals surface area contributed by atoms with Gasteiger partial charge in [0.1, 0.15) is 5.82 Å². The number of amides is 1. The molecule has 0 aliphatic carbocycles. The monoisotopic (exact) mass is 452 g/mol. The zero-order valence-corrected chi connectivity index (χ0v) is 17.8. The largest absolute Gasteiger partial charge is 0.334 e. The summed E-state index contributed by atoms with van der Waals surface area (Å²) in [6.07, 6.45) is 4.55. The van der Waals surface area contributed by atoms with E-state index in [1.54, 1.807) is 42.2 Å². The molecule has 1 atom stereocenters. The van der Waals surface area contributed by atoms with Gasteiger partial charge in [0.25, 0.3) is 11.8 Å². The van der Waals surface area contributed by atoms with E-state index in [2.05, 4.69) is 20.3 Å². The van der Waals surface area contributed by atoms with E-state index < -0.39 is 0 Å². The number of carbonyl (C=O) groups is 1. The van der Waals surface area contributed by atoms with Gasteiger partial charge in [-0.25, -0.2) is 4.39 Å². The molecular formula is C22H18ClFN6O2. The standard InChI is InChI=1S/C22H18ClFN6O2/c1-13-15(4-2-5-17(13)24)21-27-20(28-32-21)18-6-3-11-29(18)22(31)16-8-7-14(23)12-19(16)30-25-9-10-26-30/h2,4-5,7-10,12,18H,3,6,11H2,1H3/t18-/m0/s1. The van der Waals surface area contributed by atoms with Crippen molar-refractivity contribution in [2.24, 2.45) is 0 Å². The number of nitrogens with zero attached hydrogens (tertiary/aromatic N) is 6. The molecule has 0 saturated carbocycles. The fourth-order valence-corrected chi connectivity index (χ4v) is 4.11. The molecule has 32 heavy (non-hydrogen) atoms. The minimum atomic E-state index is -0.358. The molecule has 3 heterocycles. The third kappa shape index (κ3) is 3.54. The highest BCUT2D eigenvalue weighted by molar-refractivity contribution is 6.31. The second-order valence-corrected chi connectivity index (χ2v) is 7.94. The Balaban J connectivity index is 1.47. The van der Waals surface area contributed by atoms with Crippen LogP contribution in [-0.4, -0.2) is 42.5 Å². The van der Waals surface area contributed by atoms with Gasteiger partial charge < -0.3 is 9.42 Å². The highest BCUT2D eigenvalue weighted by Crippen LogP contribution is 2.34. The van der Waals surface area contributed by atoms with Gasteiger partial charge in [-0.2, -0.15) is 20.0 Å². The lowest BCUT2D eigenvalue weighted by Crippen LogP contribution is -2.32. The molecule has 4 aromatic rings. The van der Waals surface area contributed by atoms with Crippen LogP contribution < -0.4 is 0 Å². The number of carbonyl (C=O) groups excluding carboxylic acids is 1. The normalized spacial score (nSPS) is 16.0. The number of hydrogen-bond donors (Lipinski definition) is 0. The second kappa shape index (κ2) is 8.16. The molecule has 2 aromatic carbocycles. The third-order valence-electron chi connectivity index (χ3n) is 5.58. The van der Waals surface area contributed by atoms with Crippen molar-refractivity contribution in [2.75, 3.05) is 6.54 Å². The van der Waals surface area contributed by atoms with Crippen molar-refractivity contribution in [2.45, 2.75) is 25.8 Å². The molecule has 10 heteroatoms. The van der Waals surface area contributed by atoms with Gasteiger partial charge in [-0.3, -0.25) is 4.79 Å². The maximum Gasteiger partial charge on any atom is 0.258 e. The second-order valence-electron chi connectivity index (χ2n) is 7.51. The van der Waals surface area contributed by atoms with Crippen LogP contribution >= 0.6 is 11.6 Å². The first-order valence-electron chi connectivity index (χ1n) is 10.1. The summed E-state index contributed by atoms with van der Waals surface area (Å²) in [6.45, 7) is 2.20. The Morgan fingerprint density at radius 2 is 2.03 bits per heavy atom. The highest BCUT2D eigenvalue weighted by atomic mass is 35.5. The van der Waals surface area contributed by atoms with Gasteiger partial charge in [-0.15, -0.1) is 0 Å². The van der Waals surface area contributed by atoms with E-state index in [0.717, 1.165) is 6.42 Å². The Labute approximate surface area is 187 Å². The molecular weight excluding hydrogens is 435 g/mol. The van der Waals surface area contributed by atoms with Crippen molar-refractivity contribution in [1.82, 2.24) is 30.0 Å². The summed E-state index contributed by atoms with van der Waals surface area (Å²) >= 11 is 6.15. The first kappa shape index (κ1) is 20.3. The Kier molecular flexibility index (Phi) is 5.18. The lowest BCUT2D eigenvalue weighted by Gasteiger charge is -2.23. The predicted molar refractivity (Wildman–Crippen MR) is 114 cm³/mol. The van der Waals surface area contributed by atoms with Crippen LogP contribution in [0.25, 0.3) is 17.1 Å². The van der Waals surface area contributed by atoms with Gasteiger partial charge in [0.05, 0.1) is 29.7 Å². The van der Waals surface area contributed by atoms with Gasteiger partial charge in [0, 0.05) is 17.1 Å². The third-order valence-corrected chi connectivity index (χ3v) is 5.81. The quantitative estimate of drug-likeness (QED) is 0.456. The molecule has 8 nitrogen and oxygen atoms in total. The number of aromatic nitrogens is 5. The molecule has 1 saturated heterocycles. The zero-order chi connectivity index (χ0) is 22.2. The summed E-state index contributed by atoms with van der Waals surface area (Å²) in [4.78, 5) is 21.1. The molecule has 1 aliphatic heterocycles. The lowest BCUT2D eigenvalue weighted by atomic mass is 10.1. The van der Waals surface area contributed by atoms with Crippen LogP contribution in [-0.2, 0) is 0 Å². The number of benzene rings is 2. The van der Waals surface area contributed by atoms with E-state index in [0.29, 0.717) is 46.2 Å². The number of hydrogen-bond acceptors (Lipinski definition) is 6. The molecule has 0 unspecified atom stereocenters. The number of likely N-dealkylation sites (tertiary alicyclic amines) is 1. The zero-order valence-electron chi connectivity index (χ0n) is 17.1. The minimum absolute atomic E-state index is 0.204. The first-order chi connectivity index (χ1) is 15.5. The average molecular weight is 453 g/mol. The van der Waals surface area contributed by atoms with Gasteiger partial charge in [-0.1, -0.05) is 22.8 Å². The van der Waals surface area contributed by atoms with Crippen LogP contribution in [0.15, 0.2) is 53.3 Å². The van der Waals surface area contributed by atoms with Crippen molar-refractivity contribution in [1.29, 1.82) is 0 Å². The van der Waals surface area contributed by atoms with E-state index >= 15 is 0 Å². The summed E-state index contributed by atoms with van der Waals surface area (Å²) in [5.74, 6) is 0.0682. The van der Waals surface area contributed by atoms with E-state index in [1.807, 2.05) is 0 Å². The van der Waals surface area contributed by atoms with Crippen LogP contribution in [0.3, 0.4) is 0 Å². The molecule has 1 amide bonds. The smallest absolute Gasteiger partial charge is 0.258 e. The number of rotatable bonds is 4. The summed E-state index contributed by atoms with van der Waals surface area (Å²) in [5, 5.41) is 12.8. The molecule has 0 bridgehead atoms. The van der Waals surface area contributed by atoms with Crippen molar-refractivity contribution in [3.8, 4) is 17.1 Å². The molecule has 1 fully saturated rings. The first-order valence-corrected chi connectivity index (χ1v) is 10.5. The Morgan fingerprint density at radius 1 is 1.22 bits per heavy atom. The molecule has 162 valence electrons. The molecule has 1 aliphatic rings. The van der Waals surface area contributed by atoms with Crippen LogP contribution in [0.1, 0.15) is 40.6 Å². The maximum atomic E-state index is 13.9. The van der Waals surface area contributed by atoms with Crippen molar-refractivity contribution < 1.29 is 13.7 Å². The SMILES string of the molecule is Cc1c(F)cccc1-c1nc([C@@H]2CCCN2C(=O)c2ccc(Cl)cc2-n2nccn2)no1. The van der Waals surface area contributed by atoms with E-state index in [4.69, 9.17) is 16.1 Å². The van der Waals surface area contributed by atoms with E-state index in [-0.39, 0.29) is 23.7 Å². The van der Waals surface area contributed by atoms with Crippen LogP contribution in [0.4, 0.5) is 4.39 Å². The topological polar surface area (TPSA) is 89.9 Å². The van der Waals surface area contributed by atoms with Crippen molar-refractivity contribution in [3.05, 3.63) is 76.6 Å². The molecule has 0 spiro atoms. The summed E-state index contributed by atoms with van der Waals surface area (Å²) < 4.78 is 19.4. The Hall–Kier alpha value is -3.59. The van der Waals surface area contributed by atoms with Gasteiger partial charge in [0.15, 0.2) is 5.82 Å². The Morgan fingerprint density at radius 3 is 2.84 bits per heavy atom. The fourth-order valence-electron chi connectivity index (χ4n) is 3.94. The molecule has 0 N–H and O–H groups in total. The van der Waals surface area contributed by atoms with Gasteiger partial charge in [-0.05, 0) is 55.7 Å². The summed E-state index contributed by atoms with van der Waals surface area (Å²) in [7, 11) is 0. The number of halogens is 2. The fraction of sp³-hybridized carbons (Fsp3) is 0.227. The highest BCUT2D eigenvalue weighted by Gasteiger charge is 2.35. The molecule has 5 rings (SSSR count). The van der Waals surface area contributed by atoms with Crippen LogP contribution in [0, 0.1) is 12.7 Å². The van der Waals surface area contributed by atoms with Gasteiger partial charge in [0.2, 0.25) is 0 Å².